The monoisotopic (exact) mass is 243 g/mol. The first-order valence-corrected chi connectivity index (χ1v) is 6.46. The number of hydrogen-bond acceptors (Lipinski definition) is 2. The lowest BCUT2D eigenvalue weighted by Gasteiger charge is -2.11. The molecule has 3 heteroatoms. The summed E-state index contributed by atoms with van der Waals surface area (Å²) in [6.45, 7) is 8.61. The third-order valence-corrected chi connectivity index (χ3v) is 3.72. The van der Waals surface area contributed by atoms with Crippen LogP contribution >= 0.6 is 0 Å². The number of nitrogens with two attached hydrogens (primary N) is 1. The number of aryl methyl sites for hydroxylation is 2. The Morgan fingerprint density at radius 1 is 1.28 bits per heavy atom. The minimum atomic E-state index is 0.436. The van der Waals surface area contributed by atoms with Gasteiger partial charge in [-0.05, 0) is 42.9 Å². The maximum Gasteiger partial charge on any atom is 0.153 e. The van der Waals surface area contributed by atoms with Crippen LogP contribution in [0.4, 0.5) is 5.82 Å². The first-order chi connectivity index (χ1) is 8.54. The number of aromatic nitrogens is 2. The molecule has 1 aromatic heterocycles. The van der Waals surface area contributed by atoms with Gasteiger partial charge >= 0.3 is 0 Å². The van der Waals surface area contributed by atoms with E-state index in [1.165, 1.54) is 11.1 Å². The van der Waals surface area contributed by atoms with Gasteiger partial charge in [0.25, 0.3) is 0 Å². The van der Waals surface area contributed by atoms with Crippen molar-refractivity contribution in [3.8, 4) is 11.1 Å². The second kappa shape index (κ2) is 4.84. The molecule has 3 N–H and O–H groups in total. The summed E-state index contributed by atoms with van der Waals surface area (Å²) in [5, 5.41) is 7.25. The fourth-order valence-corrected chi connectivity index (χ4v) is 2.13. The average molecular weight is 243 g/mol. The largest absolute Gasteiger partial charge is 0.382 e. The van der Waals surface area contributed by atoms with Gasteiger partial charge in [-0.25, -0.2) is 0 Å². The van der Waals surface area contributed by atoms with Gasteiger partial charge in [0.2, 0.25) is 0 Å². The van der Waals surface area contributed by atoms with E-state index < -0.39 is 0 Å². The summed E-state index contributed by atoms with van der Waals surface area (Å²) in [6, 6.07) is 6.44. The lowest BCUT2D eigenvalue weighted by Crippen LogP contribution is -1.96. The number of aromatic amines is 1. The van der Waals surface area contributed by atoms with Crippen LogP contribution in [-0.4, -0.2) is 10.2 Å². The molecule has 0 aliphatic heterocycles. The zero-order valence-corrected chi connectivity index (χ0v) is 11.5. The molecule has 0 saturated carbocycles. The lowest BCUT2D eigenvalue weighted by molar-refractivity contribution is 0.705. The van der Waals surface area contributed by atoms with Crippen LogP contribution in [-0.2, 0) is 0 Å². The van der Waals surface area contributed by atoms with Gasteiger partial charge in [-0.1, -0.05) is 32.0 Å². The highest BCUT2D eigenvalue weighted by atomic mass is 15.2. The van der Waals surface area contributed by atoms with Gasteiger partial charge in [0, 0.05) is 11.3 Å². The first kappa shape index (κ1) is 12.7. The summed E-state index contributed by atoms with van der Waals surface area (Å²) in [6.07, 6.45) is 1.07. The van der Waals surface area contributed by atoms with Crippen molar-refractivity contribution in [1.29, 1.82) is 0 Å². The number of benzene rings is 1. The summed E-state index contributed by atoms with van der Waals surface area (Å²) < 4.78 is 0. The molecule has 2 aromatic rings. The van der Waals surface area contributed by atoms with Crippen molar-refractivity contribution in [2.24, 2.45) is 0 Å². The molecule has 0 aliphatic rings. The van der Waals surface area contributed by atoms with E-state index in [1.54, 1.807) is 0 Å². The Hall–Kier alpha value is -1.77. The Morgan fingerprint density at radius 3 is 2.61 bits per heavy atom. The Bertz CT molecular complexity index is 555. The molecule has 1 heterocycles. The van der Waals surface area contributed by atoms with Gasteiger partial charge in [0.05, 0.1) is 0 Å². The molecule has 96 valence electrons. The molecular weight excluding hydrogens is 222 g/mol. The highest BCUT2D eigenvalue weighted by Crippen LogP contribution is 2.34. The average Bonchev–Trinajstić information content (AvgIpc) is 2.74. The van der Waals surface area contributed by atoms with Crippen LogP contribution in [0.2, 0.25) is 0 Å². The molecule has 0 radical (unpaired) electrons. The zero-order valence-electron chi connectivity index (χ0n) is 11.5. The van der Waals surface area contributed by atoms with Gasteiger partial charge in [0.15, 0.2) is 5.82 Å². The number of anilines is 1. The second-order valence-electron chi connectivity index (χ2n) is 5.01. The van der Waals surface area contributed by atoms with Crippen LogP contribution < -0.4 is 5.73 Å². The number of nitrogens with zero attached hydrogens (tertiary/aromatic N) is 1. The van der Waals surface area contributed by atoms with Gasteiger partial charge in [-0.15, -0.1) is 0 Å². The van der Waals surface area contributed by atoms with E-state index in [1.807, 2.05) is 0 Å². The van der Waals surface area contributed by atoms with Gasteiger partial charge in [-0.3, -0.25) is 5.10 Å². The molecule has 1 aromatic carbocycles. The summed E-state index contributed by atoms with van der Waals surface area (Å²) in [5.74, 6) is 1.03. The molecule has 0 amide bonds. The quantitative estimate of drug-likeness (QED) is 0.861. The number of hydrogen-bond donors (Lipinski definition) is 2. The van der Waals surface area contributed by atoms with Crippen molar-refractivity contribution in [2.45, 2.75) is 40.0 Å². The van der Waals surface area contributed by atoms with Crippen LogP contribution in [0.5, 0.6) is 0 Å². The van der Waals surface area contributed by atoms with E-state index >= 15 is 0 Å². The van der Waals surface area contributed by atoms with E-state index in [-0.39, 0.29) is 0 Å². The SMILES string of the molecule is CCC(C)c1[nH]nc(N)c1-c1ccc(C)c(C)c1. The fraction of sp³-hybridized carbons (Fsp3) is 0.400. The van der Waals surface area contributed by atoms with Crippen LogP contribution in [0, 0.1) is 13.8 Å². The molecule has 0 spiro atoms. The predicted octanol–water partition coefficient (Wildman–Crippen LogP) is 3.79. The van der Waals surface area contributed by atoms with Crippen molar-refractivity contribution in [3.63, 3.8) is 0 Å². The van der Waals surface area contributed by atoms with E-state index in [0.717, 1.165) is 23.2 Å². The van der Waals surface area contributed by atoms with E-state index in [2.05, 4.69) is 56.1 Å². The lowest BCUT2D eigenvalue weighted by atomic mass is 9.94. The highest BCUT2D eigenvalue weighted by Gasteiger charge is 2.17. The van der Waals surface area contributed by atoms with Gasteiger partial charge in [0.1, 0.15) is 0 Å². The molecule has 3 nitrogen and oxygen atoms in total. The van der Waals surface area contributed by atoms with E-state index in [4.69, 9.17) is 5.73 Å². The minimum absolute atomic E-state index is 0.436. The Kier molecular flexibility index (Phi) is 3.41. The highest BCUT2D eigenvalue weighted by molar-refractivity contribution is 5.77. The summed E-state index contributed by atoms with van der Waals surface area (Å²) in [4.78, 5) is 0. The fourth-order valence-electron chi connectivity index (χ4n) is 2.13. The van der Waals surface area contributed by atoms with Crippen molar-refractivity contribution in [1.82, 2.24) is 10.2 Å². The van der Waals surface area contributed by atoms with Crippen molar-refractivity contribution in [3.05, 3.63) is 35.0 Å². The third kappa shape index (κ3) is 2.13. The smallest absolute Gasteiger partial charge is 0.153 e. The van der Waals surface area contributed by atoms with Crippen molar-refractivity contribution < 1.29 is 0 Å². The first-order valence-electron chi connectivity index (χ1n) is 6.46. The summed E-state index contributed by atoms with van der Waals surface area (Å²) in [5.41, 5.74) is 11.9. The van der Waals surface area contributed by atoms with Gasteiger partial charge < -0.3 is 5.73 Å². The van der Waals surface area contributed by atoms with Crippen molar-refractivity contribution >= 4 is 5.82 Å². The summed E-state index contributed by atoms with van der Waals surface area (Å²) in [7, 11) is 0. The van der Waals surface area contributed by atoms with Crippen LogP contribution in [0.15, 0.2) is 18.2 Å². The maximum absolute atomic E-state index is 6.01. The number of nitrogens with one attached hydrogen (secondary N) is 1. The van der Waals surface area contributed by atoms with Crippen LogP contribution in [0.25, 0.3) is 11.1 Å². The van der Waals surface area contributed by atoms with E-state index in [0.29, 0.717) is 11.7 Å². The van der Waals surface area contributed by atoms with Crippen molar-refractivity contribution in [2.75, 3.05) is 5.73 Å². The molecule has 0 fully saturated rings. The third-order valence-electron chi connectivity index (χ3n) is 3.72. The zero-order chi connectivity index (χ0) is 13.3. The molecule has 18 heavy (non-hydrogen) atoms. The molecule has 1 atom stereocenters. The second-order valence-corrected chi connectivity index (χ2v) is 5.01. The molecule has 0 bridgehead atoms. The van der Waals surface area contributed by atoms with Gasteiger partial charge in [-0.2, -0.15) is 5.10 Å². The number of rotatable bonds is 3. The molecule has 0 saturated heterocycles. The molecular formula is C15H21N3. The summed E-state index contributed by atoms with van der Waals surface area (Å²) >= 11 is 0. The van der Waals surface area contributed by atoms with Crippen LogP contribution in [0.1, 0.15) is 43.0 Å². The Balaban J connectivity index is 2.55. The Morgan fingerprint density at radius 2 is 2.00 bits per heavy atom. The number of H-pyrrole nitrogens is 1. The normalized spacial score (nSPS) is 12.7. The maximum atomic E-state index is 6.01. The Labute approximate surface area is 108 Å². The minimum Gasteiger partial charge on any atom is -0.382 e. The predicted molar refractivity (Wildman–Crippen MR) is 76.6 cm³/mol. The van der Waals surface area contributed by atoms with Crippen LogP contribution in [0.3, 0.4) is 0 Å². The van der Waals surface area contributed by atoms with E-state index in [9.17, 15) is 0 Å². The standard InChI is InChI=1S/C15H21N3/c1-5-9(2)14-13(15(16)18-17-14)12-7-6-10(3)11(4)8-12/h6-9H,5H2,1-4H3,(H3,16,17,18). The number of nitrogen functional groups attached to an aromatic ring is 1. The molecule has 1 unspecified atom stereocenters. The molecule has 0 aliphatic carbocycles. The molecule has 2 rings (SSSR count). The topological polar surface area (TPSA) is 54.7 Å².